The quantitative estimate of drug-likeness (QED) is 0.506. The molecule has 3 aromatic carbocycles. The van der Waals surface area contributed by atoms with Crippen molar-refractivity contribution in [3.05, 3.63) is 87.4 Å². The minimum atomic E-state index is 0.366. The molecule has 0 saturated heterocycles. The molecule has 1 aliphatic rings. The molecule has 1 unspecified atom stereocenters. The maximum Gasteiger partial charge on any atom is 0.0285 e. The lowest BCUT2D eigenvalue weighted by Gasteiger charge is -2.16. The Labute approximate surface area is 133 Å². The van der Waals surface area contributed by atoms with Crippen molar-refractivity contribution in [1.82, 2.24) is 0 Å². The van der Waals surface area contributed by atoms with Gasteiger partial charge in [0.15, 0.2) is 0 Å². The molecule has 21 heavy (non-hydrogen) atoms. The average Bonchev–Trinajstić information content (AvgIpc) is 2.90. The van der Waals surface area contributed by atoms with E-state index in [2.05, 4.69) is 89.6 Å². The van der Waals surface area contributed by atoms with Crippen molar-refractivity contribution in [2.24, 2.45) is 0 Å². The molecule has 0 amide bonds. The van der Waals surface area contributed by atoms with Crippen molar-refractivity contribution >= 4 is 32.8 Å². The van der Waals surface area contributed by atoms with Gasteiger partial charge in [0.05, 0.1) is 0 Å². The van der Waals surface area contributed by atoms with Crippen LogP contribution in [0.2, 0.25) is 0 Å². The van der Waals surface area contributed by atoms with Gasteiger partial charge in [0.25, 0.3) is 0 Å². The summed E-state index contributed by atoms with van der Waals surface area (Å²) in [6.07, 6.45) is 4.56. The van der Waals surface area contributed by atoms with E-state index in [4.69, 9.17) is 0 Å². The summed E-state index contributed by atoms with van der Waals surface area (Å²) in [6.45, 7) is 2.20. The van der Waals surface area contributed by atoms with Crippen LogP contribution in [0.3, 0.4) is 0 Å². The third-order valence-electron chi connectivity index (χ3n) is 4.31. The smallest absolute Gasteiger partial charge is 0.0285 e. The van der Waals surface area contributed by atoms with E-state index in [1.165, 1.54) is 33.0 Å². The summed E-state index contributed by atoms with van der Waals surface area (Å²) in [5, 5.41) is 2.68. The molecule has 0 fully saturated rings. The zero-order chi connectivity index (χ0) is 14.4. The Morgan fingerprint density at radius 1 is 0.905 bits per heavy atom. The largest absolute Gasteiger partial charge is 0.0720 e. The fourth-order valence-corrected chi connectivity index (χ4v) is 4.00. The molecule has 4 rings (SSSR count). The summed E-state index contributed by atoms with van der Waals surface area (Å²) in [6, 6.07) is 19.7. The zero-order valence-electron chi connectivity index (χ0n) is 11.8. The molecule has 0 heterocycles. The van der Waals surface area contributed by atoms with Crippen molar-refractivity contribution in [2.75, 3.05) is 0 Å². The van der Waals surface area contributed by atoms with E-state index in [0.29, 0.717) is 5.92 Å². The van der Waals surface area contributed by atoms with Crippen LogP contribution in [0.1, 0.15) is 28.2 Å². The lowest BCUT2D eigenvalue weighted by atomic mass is 9.88. The highest BCUT2D eigenvalue weighted by molar-refractivity contribution is 9.10. The van der Waals surface area contributed by atoms with Crippen LogP contribution in [0, 0.1) is 6.92 Å². The van der Waals surface area contributed by atoms with Crippen LogP contribution in [0.25, 0.3) is 16.8 Å². The van der Waals surface area contributed by atoms with Gasteiger partial charge in [-0.3, -0.25) is 0 Å². The summed E-state index contributed by atoms with van der Waals surface area (Å²) < 4.78 is 1.15. The predicted molar refractivity (Wildman–Crippen MR) is 93.7 cm³/mol. The molecule has 0 saturated carbocycles. The fourth-order valence-electron chi connectivity index (χ4n) is 3.41. The van der Waals surface area contributed by atoms with Crippen LogP contribution in [-0.2, 0) is 0 Å². The topological polar surface area (TPSA) is 0 Å². The van der Waals surface area contributed by atoms with Crippen molar-refractivity contribution in [3.63, 3.8) is 0 Å². The Hall–Kier alpha value is -1.86. The standard InChI is InChI=1S/C20H15Br/c1-13-11-16(21)12-15-6-4-8-19(20(13)15)18-10-9-14-5-2-3-7-17(14)18/h2-12,18H,1H3. The Kier molecular flexibility index (Phi) is 2.97. The molecule has 0 nitrogen and oxygen atoms in total. The van der Waals surface area contributed by atoms with E-state index in [0.717, 1.165) is 4.47 Å². The van der Waals surface area contributed by atoms with E-state index < -0.39 is 0 Å². The first-order valence-electron chi connectivity index (χ1n) is 7.20. The van der Waals surface area contributed by atoms with Crippen LogP contribution < -0.4 is 0 Å². The molecule has 0 N–H and O–H groups in total. The minimum absolute atomic E-state index is 0.366. The molecule has 1 atom stereocenters. The van der Waals surface area contributed by atoms with Gasteiger partial charge in [-0.25, -0.2) is 0 Å². The van der Waals surface area contributed by atoms with E-state index >= 15 is 0 Å². The number of rotatable bonds is 1. The van der Waals surface area contributed by atoms with Crippen molar-refractivity contribution in [2.45, 2.75) is 12.8 Å². The van der Waals surface area contributed by atoms with Crippen molar-refractivity contribution in [3.8, 4) is 0 Å². The molecule has 0 aromatic heterocycles. The van der Waals surface area contributed by atoms with Gasteiger partial charge in [-0.05, 0) is 52.1 Å². The lowest BCUT2D eigenvalue weighted by Crippen LogP contribution is -1.98. The highest BCUT2D eigenvalue weighted by atomic mass is 79.9. The molecule has 0 bridgehead atoms. The molecular formula is C20H15Br. The third kappa shape index (κ3) is 2.04. The van der Waals surface area contributed by atoms with Crippen LogP contribution in [-0.4, -0.2) is 0 Å². The second kappa shape index (κ2) is 4.85. The molecule has 3 aromatic rings. The summed E-state index contributed by atoms with van der Waals surface area (Å²) in [7, 11) is 0. The van der Waals surface area contributed by atoms with E-state index in [9.17, 15) is 0 Å². The monoisotopic (exact) mass is 334 g/mol. The van der Waals surface area contributed by atoms with Gasteiger partial charge < -0.3 is 0 Å². The van der Waals surface area contributed by atoms with Gasteiger partial charge in [-0.1, -0.05) is 70.5 Å². The molecule has 1 heteroatoms. The second-order valence-corrected chi connectivity index (χ2v) is 6.55. The Morgan fingerprint density at radius 2 is 1.71 bits per heavy atom. The maximum atomic E-state index is 3.60. The van der Waals surface area contributed by atoms with Gasteiger partial charge in [0.2, 0.25) is 0 Å². The average molecular weight is 335 g/mol. The van der Waals surface area contributed by atoms with Gasteiger partial charge in [0.1, 0.15) is 0 Å². The summed E-state index contributed by atoms with van der Waals surface area (Å²) in [4.78, 5) is 0. The van der Waals surface area contributed by atoms with Crippen LogP contribution in [0.5, 0.6) is 0 Å². The van der Waals surface area contributed by atoms with Gasteiger partial charge in [-0.15, -0.1) is 0 Å². The van der Waals surface area contributed by atoms with Gasteiger partial charge in [0, 0.05) is 10.4 Å². The Bertz CT molecular complexity index is 874. The van der Waals surface area contributed by atoms with Crippen LogP contribution >= 0.6 is 15.9 Å². The summed E-state index contributed by atoms with van der Waals surface area (Å²) in [5.74, 6) is 0.366. The number of aryl methyl sites for hydroxylation is 1. The first-order valence-corrected chi connectivity index (χ1v) is 7.99. The summed E-state index contributed by atoms with van der Waals surface area (Å²) >= 11 is 3.60. The third-order valence-corrected chi connectivity index (χ3v) is 4.76. The van der Waals surface area contributed by atoms with Crippen LogP contribution in [0.15, 0.2) is 65.1 Å². The molecular weight excluding hydrogens is 320 g/mol. The van der Waals surface area contributed by atoms with Gasteiger partial charge in [-0.2, -0.15) is 0 Å². The normalized spacial score (nSPS) is 16.4. The van der Waals surface area contributed by atoms with Crippen LogP contribution in [0.4, 0.5) is 0 Å². The fraction of sp³-hybridized carbons (Fsp3) is 0.100. The number of benzene rings is 3. The number of hydrogen-bond donors (Lipinski definition) is 0. The predicted octanol–water partition coefficient (Wildman–Crippen LogP) is 6.07. The Morgan fingerprint density at radius 3 is 2.62 bits per heavy atom. The molecule has 0 aliphatic heterocycles. The lowest BCUT2D eigenvalue weighted by molar-refractivity contribution is 1.06. The Balaban J connectivity index is 1.99. The van der Waals surface area contributed by atoms with E-state index in [-0.39, 0.29) is 0 Å². The number of allylic oxidation sites excluding steroid dienone is 1. The highest BCUT2D eigenvalue weighted by Crippen LogP contribution is 2.39. The number of fused-ring (bicyclic) bond motifs is 2. The highest BCUT2D eigenvalue weighted by Gasteiger charge is 2.20. The first-order chi connectivity index (χ1) is 10.2. The van der Waals surface area contributed by atoms with E-state index in [1.807, 2.05) is 0 Å². The maximum absolute atomic E-state index is 3.60. The van der Waals surface area contributed by atoms with Crippen molar-refractivity contribution < 1.29 is 0 Å². The number of halogens is 1. The second-order valence-electron chi connectivity index (χ2n) is 5.63. The van der Waals surface area contributed by atoms with E-state index in [1.54, 1.807) is 0 Å². The van der Waals surface area contributed by atoms with Crippen molar-refractivity contribution in [1.29, 1.82) is 0 Å². The zero-order valence-corrected chi connectivity index (χ0v) is 13.4. The molecule has 0 radical (unpaired) electrons. The molecule has 102 valence electrons. The van der Waals surface area contributed by atoms with Gasteiger partial charge >= 0.3 is 0 Å². The SMILES string of the molecule is Cc1cc(Br)cc2cccc(C3C=Cc4ccccc43)c12. The number of hydrogen-bond acceptors (Lipinski definition) is 0. The first kappa shape index (κ1) is 12.8. The molecule has 0 spiro atoms. The molecule has 1 aliphatic carbocycles. The summed E-state index contributed by atoms with van der Waals surface area (Å²) in [5.41, 5.74) is 5.48. The minimum Gasteiger partial charge on any atom is -0.0720 e.